The number of aliphatic hydroxyl groups is 1. The highest BCUT2D eigenvalue weighted by Gasteiger charge is 2.34. The lowest BCUT2D eigenvalue weighted by atomic mass is 9.97. The molecule has 0 spiro atoms. The van der Waals surface area contributed by atoms with E-state index in [1.165, 1.54) is 12.8 Å². The summed E-state index contributed by atoms with van der Waals surface area (Å²) in [6.45, 7) is 1.92. The first-order valence-corrected chi connectivity index (χ1v) is 6.23. The second-order valence-corrected chi connectivity index (χ2v) is 5.79. The van der Waals surface area contributed by atoms with Gasteiger partial charge in [0.2, 0.25) is 0 Å². The molecule has 1 aliphatic rings. The molecule has 1 heterocycles. The maximum Gasteiger partial charge on any atom is 0.0973 e. The minimum atomic E-state index is -0.631. The second-order valence-electron chi connectivity index (χ2n) is 4.02. The third-order valence-corrected chi connectivity index (χ3v) is 4.58. The summed E-state index contributed by atoms with van der Waals surface area (Å²) in [6, 6.07) is 2.00. The molecule has 1 saturated carbocycles. The molecule has 1 aromatic heterocycles. The predicted molar refractivity (Wildman–Crippen MR) is 58.9 cm³/mol. The van der Waals surface area contributed by atoms with Gasteiger partial charge in [-0.15, -0.1) is 11.3 Å². The van der Waals surface area contributed by atoms with E-state index in [1.807, 2.05) is 18.4 Å². The van der Waals surface area contributed by atoms with Crippen LogP contribution in [0.3, 0.4) is 0 Å². The van der Waals surface area contributed by atoms with Gasteiger partial charge in [0.15, 0.2) is 0 Å². The highest BCUT2D eigenvalue weighted by Crippen LogP contribution is 2.43. The van der Waals surface area contributed by atoms with Crippen LogP contribution in [0.2, 0.25) is 0 Å². The molecule has 2 rings (SSSR count). The van der Waals surface area contributed by atoms with E-state index < -0.39 is 5.60 Å². The van der Waals surface area contributed by atoms with Crippen molar-refractivity contribution in [1.82, 2.24) is 0 Å². The van der Waals surface area contributed by atoms with Crippen LogP contribution in [0.15, 0.2) is 15.9 Å². The maximum atomic E-state index is 10.2. The molecule has 0 amide bonds. The molecule has 72 valence electrons. The number of hydrogen-bond acceptors (Lipinski definition) is 2. The molecule has 3 heteroatoms. The fraction of sp³-hybridized carbons (Fsp3) is 0.600. The van der Waals surface area contributed by atoms with Gasteiger partial charge in [-0.05, 0) is 46.6 Å². The third-order valence-electron chi connectivity index (χ3n) is 2.49. The van der Waals surface area contributed by atoms with Crippen LogP contribution in [0.4, 0.5) is 0 Å². The van der Waals surface area contributed by atoms with Gasteiger partial charge < -0.3 is 5.11 Å². The highest BCUT2D eigenvalue weighted by atomic mass is 79.9. The molecule has 1 unspecified atom stereocenters. The average Bonchev–Trinajstić information content (AvgIpc) is 2.69. The van der Waals surface area contributed by atoms with Crippen LogP contribution in [0.25, 0.3) is 0 Å². The Bertz CT molecular complexity index is 302. The molecule has 0 saturated heterocycles. The van der Waals surface area contributed by atoms with Gasteiger partial charge in [0, 0.05) is 9.35 Å². The Morgan fingerprint density at radius 3 is 2.85 bits per heavy atom. The van der Waals surface area contributed by atoms with Crippen LogP contribution in [0, 0.1) is 5.92 Å². The largest absolute Gasteiger partial charge is 0.385 e. The van der Waals surface area contributed by atoms with Gasteiger partial charge in [-0.3, -0.25) is 0 Å². The normalized spacial score (nSPS) is 21.5. The molecule has 1 aliphatic carbocycles. The van der Waals surface area contributed by atoms with Crippen molar-refractivity contribution >= 4 is 27.3 Å². The summed E-state index contributed by atoms with van der Waals surface area (Å²) in [7, 11) is 0. The smallest absolute Gasteiger partial charge is 0.0973 e. The van der Waals surface area contributed by atoms with Gasteiger partial charge in [-0.2, -0.15) is 0 Å². The molecule has 1 atom stereocenters. The van der Waals surface area contributed by atoms with Gasteiger partial charge in [0.25, 0.3) is 0 Å². The van der Waals surface area contributed by atoms with Crippen molar-refractivity contribution in [2.45, 2.75) is 31.8 Å². The zero-order chi connectivity index (χ0) is 9.47. The fourth-order valence-electron chi connectivity index (χ4n) is 1.65. The number of rotatable bonds is 3. The van der Waals surface area contributed by atoms with Gasteiger partial charge in [-0.1, -0.05) is 12.8 Å². The second kappa shape index (κ2) is 3.37. The van der Waals surface area contributed by atoms with E-state index in [0.29, 0.717) is 0 Å². The first kappa shape index (κ1) is 9.69. The van der Waals surface area contributed by atoms with Gasteiger partial charge >= 0.3 is 0 Å². The summed E-state index contributed by atoms with van der Waals surface area (Å²) >= 11 is 5.09. The summed E-state index contributed by atoms with van der Waals surface area (Å²) in [4.78, 5) is 1.07. The van der Waals surface area contributed by atoms with E-state index >= 15 is 0 Å². The topological polar surface area (TPSA) is 20.2 Å². The van der Waals surface area contributed by atoms with E-state index in [4.69, 9.17) is 0 Å². The van der Waals surface area contributed by atoms with E-state index in [2.05, 4.69) is 15.9 Å². The van der Waals surface area contributed by atoms with E-state index in [1.54, 1.807) is 11.3 Å². The zero-order valence-corrected chi connectivity index (χ0v) is 9.99. The summed E-state index contributed by atoms with van der Waals surface area (Å²) in [5, 5.41) is 12.3. The standard InChI is InChI=1S/C10H13BrOS/c1-10(12,6-7-2-3-7)9-8(11)4-5-13-9/h4-5,7,12H,2-3,6H2,1H3. The molecule has 13 heavy (non-hydrogen) atoms. The van der Waals surface area contributed by atoms with Crippen molar-refractivity contribution in [3.8, 4) is 0 Å². The number of thiophene rings is 1. The molecule has 0 bridgehead atoms. The summed E-state index contributed by atoms with van der Waals surface area (Å²) < 4.78 is 1.04. The Hall–Kier alpha value is 0.140. The van der Waals surface area contributed by atoms with Crippen molar-refractivity contribution in [3.63, 3.8) is 0 Å². The monoisotopic (exact) mass is 260 g/mol. The van der Waals surface area contributed by atoms with Crippen LogP contribution < -0.4 is 0 Å². The molecule has 1 nitrogen and oxygen atoms in total. The van der Waals surface area contributed by atoms with Crippen LogP contribution in [-0.2, 0) is 5.60 Å². The van der Waals surface area contributed by atoms with Crippen molar-refractivity contribution in [1.29, 1.82) is 0 Å². The van der Waals surface area contributed by atoms with E-state index in [-0.39, 0.29) is 0 Å². The molecule has 0 radical (unpaired) electrons. The van der Waals surface area contributed by atoms with Crippen molar-refractivity contribution < 1.29 is 5.11 Å². The molecule has 0 aliphatic heterocycles. The first-order chi connectivity index (χ1) is 6.09. The Balaban J connectivity index is 2.17. The lowest BCUT2D eigenvalue weighted by Gasteiger charge is -2.22. The Kier molecular flexibility index (Phi) is 2.51. The summed E-state index contributed by atoms with van der Waals surface area (Å²) in [5.41, 5.74) is -0.631. The van der Waals surface area contributed by atoms with Crippen LogP contribution in [0.5, 0.6) is 0 Å². The van der Waals surface area contributed by atoms with Crippen molar-refractivity contribution in [3.05, 3.63) is 20.8 Å². The lowest BCUT2D eigenvalue weighted by molar-refractivity contribution is 0.0448. The van der Waals surface area contributed by atoms with Crippen LogP contribution >= 0.6 is 27.3 Å². The highest BCUT2D eigenvalue weighted by molar-refractivity contribution is 9.10. The van der Waals surface area contributed by atoms with Crippen LogP contribution in [-0.4, -0.2) is 5.11 Å². The molecule has 1 aromatic rings. The van der Waals surface area contributed by atoms with Crippen molar-refractivity contribution in [2.75, 3.05) is 0 Å². The summed E-state index contributed by atoms with van der Waals surface area (Å²) in [5.74, 6) is 0.754. The zero-order valence-electron chi connectivity index (χ0n) is 7.59. The lowest BCUT2D eigenvalue weighted by Crippen LogP contribution is -2.20. The average molecular weight is 261 g/mol. The Labute approximate surface area is 90.9 Å². The Morgan fingerprint density at radius 2 is 2.38 bits per heavy atom. The molecular weight excluding hydrogens is 248 g/mol. The molecule has 1 fully saturated rings. The minimum Gasteiger partial charge on any atom is -0.385 e. The molecular formula is C10H13BrOS. The van der Waals surface area contributed by atoms with E-state index in [0.717, 1.165) is 21.7 Å². The molecule has 1 N–H and O–H groups in total. The number of hydrogen-bond donors (Lipinski definition) is 1. The number of halogens is 1. The quantitative estimate of drug-likeness (QED) is 0.882. The first-order valence-electron chi connectivity index (χ1n) is 4.55. The summed E-state index contributed by atoms with van der Waals surface area (Å²) in [6.07, 6.45) is 3.49. The predicted octanol–water partition coefficient (Wildman–Crippen LogP) is 3.52. The van der Waals surface area contributed by atoms with Crippen LogP contribution in [0.1, 0.15) is 31.1 Å². The minimum absolute atomic E-state index is 0.631. The maximum absolute atomic E-state index is 10.2. The SMILES string of the molecule is CC(O)(CC1CC1)c1sccc1Br. The van der Waals surface area contributed by atoms with Gasteiger partial charge in [0.05, 0.1) is 5.60 Å². The van der Waals surface area contributed by atoms with E-state index in [9.17, 15) is 5.11 Å². The Morgan fingerprint density at radius 1 is 1.69 bits per heavy atom. The fourth-order valence-corrected chi connectivity index (χ4v) is 3.53. The van der Waals surface area contributed by atoms with Gasteiger partial charge in [0.1, 0.15) is 0 Å². The third kappa shape index (κ3) is 2.14. The molecule has 0 aromatic carbocycles. The van der Waals surface area contributed by atoms with Crippen molar-refractivity contribution in [2.24, 2.45) is 5.92 Å². The van der Waals surface area contributed by atoms with Gasteiger partial charge in [-0.25, -0.2) is 0 Å².